The molecule has 52 valence electrons. The number of rotatable bonds is 0. The highest BCUT2D eigenvalue weighted by molar-refractivity contribution is 8.02. The molecule has 1 aliphatic carbocycles. The molecule has 0 aromatic carbocycles. The Bertz CT molecular complexity index is 227. The minimum atomic E-state index is 0.231. The number of carbonyl (C=O) groups excluding carboxylic acids is 1. The zero-order valence-electron chi connectivity index (χ0n) is 5.54. The maximum Gasteiger partial charge on any atom is 0.144 e. The average Bonchev–Trinajstić information content (AvgIpc) is 2.36. The summed E-state index contributed by atoms with van der Waals surface area (Å²) >= 11 is 1.75. The summed E-state index contributed by atoms with van der Waals surface area (Å²) in [7, 11) is 0. The third kappa shape index (κ3) is 0.833. The molecule has 1 atom stereocenters. The van der Waals surface area contributed by atoms with Crippen LogP contribution in [0.15, 0.2) is 23.1 Å². The quantitative estimate of drug-likeness (QED) is 0.526. The first-order valence-corrected chi connectivity index (χ1v) is 4.44. The van der Waals surface area contributed by atoms with Crippen LogP contribution in [0.25, 0.3) is 0 Å². The van der Waals surface area contributed by atoms with Crippen LogP contribution in [0.3, 0.4) is 0 Å². The molecule has 0 aromatic rings. The van der Waals surface area contributed by atoms with Crippen molar-refractivity contribution < 1.29 is 4.79 Å². The van der Waals surface area contributed by atoms with Crippen molar-refractivity contribution in [1.29, 1.82) is 0 Å². The summed E-state index contributed by atoms with van der Waals surface area (Å²) in [6.07, 6.45) is 4.67. The molecule has 10 heavy (non-hydrogen) atoms. The van der Waals surface area contributed by atoms with Crippen LogP contribution in [-0.4, -0.2) is 11.5 Å². The third-order valence-electron chi connectivity index (χ3n) is 1.90. The molecule has 0 spiro atoms. The van der Waals surface area contributed by atoms with Gasteiger partial charge in [0.25, 0.3) is 0 Å². The average molecular weight is 152 g/mol. The Morgan fingerprint density at radius 1 is 1.60 bits per heavy atom. The summed E-state index contributed by atoms with van der Waals surface area (Å²) in [6.45, 7) is 0. The maximum atomic E-state index is 11.2. The van der Waals surface area contributed by atoms with Crippen LogP contribution >= 0.6 is 11.8 Å². The van der Waals surface area contributed by atoms with Gasteiger partial charge in [-0.1, -0.05) is 12.2 Å². The molecular formula is C8H8OS. The molecule has 2 heteroatoms. The molecule has 2 rings (SSSR count). The van der Waals surface area contributed by atoms with Crippen LogP contribution in [0, 0.1) is 5.92 Å². The predicted octanol–water partition coefficient (Wildman–Crippen LogP) is 1.76. The minimum Gasteiger partial charge on any atom is -0.299 e. The zero-order chi connectivity index (χ0) is 6.97. The Kier molecular flexibility index (Phi) is 1.42. The predicted molar refractivity (Wildman–Crippen MR) is 42.8 cm³/mol. The number of ketones is 1. The van der Waals surface area contributed by atoms with Crippen LogP contribution in [-0.2, 0) is 4.79 Å². The number of allylic oxidation sites excluding steroid dienone is 3. The van der Waals surface area contributed by atoms with Crippen molar-refractivity contribution in [2.45, 2.75) is 6.42 Å². The molecule has 0 radical (unpaired) electrons. The van der Waals surface area contributed by atoms with Crippen LogP contribution in [0.4, 0.5) is 0 Å². The molecule has 1 heterocycles. The SMILES string of the molecule is O=C1CC=CC2=CSCC12. The van der Waals surface area contributed by atoms with Gasteiger partial charge in [-0.25, -0.2) is 0 Å². The van der Waals surface area contributed by atoms with Crippen LogP contribution in [0.5, 0.6) is 0 Å². The van der Waals surface area contributed by atoms with E-state index in [1.54, 1.807) is 11.8 Å². The fourth-order valence-corrected chi connectivity index (χ4v) is 2.41. The molecule has 0 aromatic heterocycles. The Morgan fingerprint density at radius 2 is 2.50 bits per heavy atom. The number of thioether (sulfide) groups is 1. The standard InChI is InChI=1S/C8H8OS/c9-8-3-1-2-6-4-10-5-7(6)8/h1-2,4,7H,3,5H2. The monoisotopic (exact) mass is 152 g/mol. The van der Waals surface area contributed by atoms with E-state index in [4.69, 9.17) is 0 Å². The van der Waals surface area contributed by atoms with E-state index in [0.717, 1.165) is 5.75 Å². The lowest BCUT2D eigenvalue weighted by molar-refractivity contribution is -0.120. The smallest absolute Gasteiger partial charge is 0.144 e. The second-order valence-electron chi connectivity index (χ2n) is 2.58. The first kappa shape index (κ1) is 6.23. The number of hydrogen-bond acceptors (Lipinski definition) is 2. The Balaban J connectivity index is 2.34. The Labute approximate surface area is 64.2 Å². The lowest BCUT2D eigenvalue weighted by atomic mass is 9.91. The third-order valence-corrected chi connectivity index (χ3v) is 2.87. The molecule has 1 aliphatic heterocycles. The molecule has 1 nitrogen and oxygen atoms in total. The van der Waals surface area contributed by atoms with Crippen molar-refractivity contribution in [1.82, 2.24) is 0 Å². The van der Waals surface area contributed by atoms with E-state index in [1.807, 2.05) is 6.08 Å². The van der Waals surface area contributed by atoms with Gasteiger partial charge >= 0.3 is 0 Å². The van der Waals surface area contributed by atoms with Crippen LogP contribution in [0.2, 0.25) is 0 Å². The second-order valence-corrected chi connectivity index (χ2v) is 3.48. The molecule has 0 fully saturated rings. The summed E-state index contributed by atoms with van der Waals surface area (Å²) in [5.41, 5.74) is 1.22. The summed E-state index contributed by atoms with van der Waals surface area (Å²) in [5, 5.41) is 2.10. The van der Waals surface area contributed by atoms with E-state index in [9.17, 15) is 4.79 Å². The molecule has 0 saturated carbocycles. The van der Waals surface area contributed by atoms with Gasteiger partial charge in [0.1, 0.15) is 5.78 Å². The van der Waals surface area contributed by atoms with E-state index in [2.05, 4.69) is 11.5 Å². The molecule has 0 saturated heterocycles. The second kappa shape index (κ2) is 2.27. The van der Waals surface area contributed by atoms with Gasteiger partial charge in [-0.2, -0.15) is 0 Å². The molecular weight excluding hydrogens is 144 g/mol. The van der Waals surface area contributed by atoms with Gasteiger partial charge in [0.15, 0.2) is 0 Å². The van der Waals surface area contributed by atoms with Crippen molar-refractivity contribution in [3.8, 4) is 0 Å². The van der Waals surface area contributed by atoms with E-state index in [1.165, 1.54) is 5.57 Å². The van der Waals surface area contributed by atoms with Gasteiger partial charge in [-0.15, -0.1) is 11.8 Å². The number of fused-ring (bicyclic) bond motifs is 1. The van der Waals surface area contributed by atoms with E-state index in [-0.39, 0.29) is 5.92 Å². The van der Waals surface area contributed by atoms with E-state index in [0.29, 0.717) is 12.2 Å². The number of Topliss-reactive ketones (excluding diaryl/α,β-unsaturated/α-hetero) is 1. The number of hydrogen-bond donors (Lipinski definition) is 0. The lowest BCUT2D eigenvalue weighted by Gasteiger charge is -2.12. The summed E-state index contributed by atoms with van der Waals surface area (Å²) < 4.78 is 0. The topological polar surface area (TPSA) is 17.1 Å². The van der Waals surface area contributed by atoms with Gasteiger partial charge in [-0.05, 0) is 11.0 Å². The van der Waals surface area contributed by atoms with E-state index < -0.39 is 0 Å². The van der Waals surface area contributed by atoms with Crippen molar-refractivity contribution in [3.05, 3.63) is 23.1 Å². The van der Waals surface area contributed by atoms with Gasteiger partial charge < -0.3 is 0 Å². The van der Waals surface area contributed by atoms with Crippen molar-refractivity contribution >= 4 is 17.5 Å². The van der Waals surface area contributed by atoms with Crippen molar-refractivity contribution in [3.63, 3.8) is 0 Å². The molecule has 0 bridgehead atoms. The lowest BCUT2D eigenvalue weighted by Crippen LogP contribution is -2.17. The van der Waals surface area contributed by atoms with Gasteiger partial charge in [0, 0.05) is 12.2 Å². The van der Waals surface area contributed by atoms with Crippen molar-refractivity contribution in [2.75, 3.05) is 5.75 Å². The molecule has 0 amide bonds. The van der Waals surface area contributed by atoms with Crippen LogP contribution in [0.1, 0.15) is 6.42 Å². The fourth-order valence-electron chi connectivity index (χ4n) is 1.31. The Hall–Kier alpha value is -0.500. The first-order chi connectivity index (χ1) is 4.88. The van der Waals surface area contributed by atoms with Crippen LogP contribution < -0.4 is 0 Å². The van der Waals surface area contributed by atoms with Gasteiger partial charge in [-0.3, -0.25) is 4.79 Å². The van der Waals surface area contributed by atoms with Crippen molar-refractivity contribution in [2.24, 2.45) is 5.92 Å². The zero-order valence-corrected chi connectivity index (χ0v) is 6.36. The highest BCUT2D eigenvalue weighted by atomic mass is 32.2. The molecule has 0 N–H and O–H groups in total. The van der Waals surface area contributed by atoms with E-state index >= 15 is 0 Å². The fraction of sp³-hybridized carbons (Fsp3) is 0.375. The molecule has 1 unspecified atom stereocenters. The Morgan fingerprint density at radius 3 is 3.30 bits per heavy atom. The largest absolute Gasteiger partial charge is 0.299 e. The summed E-state index contributed by atoms with van der Waals surface area (Å²) in [5.74, 6) is 1.59. The maximum absolute atomic E-state index is 11.2. The number of carbonyl (C=O) groups is 1. The van der Waals surface area contributed by atoms with Gasteiger partial charge in [0.05, 0.1) is 5.92 Å². The highest BCUT2D eigenvalue weighted by Crippen LogP contribution is 2.32. The summed E-state index contributed by atoms with van der Waals surface area (Å²) in [4.78, 5) is 11.2. The summed E-state index contributed by atoms with van der Waals surface area (Å²) in [6, 6.07) is 0. The minimum absolute atomic E-state index is 0.231. The molecule has 2 aliphatic rings. The highest BCUT2D eigenvalue weighted by Gasteiger charge is 2.26. The van der Waals surface area contributed by atoms with Gasteiger partial charge in [0.2, 0.25) is 0 Å². The first-order valence-electron chi connectivity index (χ1n) is 3.39. The normalized spacial score (nSPS) is 30.2.